The van der Waals surface area contributed by atoms with E-state index in [-0.39, 0.29) is 37.7 Å². The fourth-order valence-electron chi connectivity index (χ4n) is 0.105. The summed E-state index contributed by atoms with van der Waals surface area (Å²) in [5.41, 5.74) is 0. The molecule has 0 saturated carbocycles. The number of aliphatic hydroxyl groups is 4. The minimum atomic E-state index is -1.06. The number of rotatable bonds is 4. The molecule has 0 rings (SSSR count). The molecule has 2 unspecified atom stereocenters. The summed E-state index contributed by atoms with van der Waals surface area (Å²) in [4.78, 5) is 0. The summed E-state index contributed by atoms with van der Waals surface area (Å²) in [6.07, 6.45) is -2.13. The minimum Gasteiger partial charge on any atom is -0.853 e. The molecule has 0 aromatic heterocycles. The van der Waals surface area contributed by atoms with E-state index >= 15 is 0 Å². The minimum absolute atomic E-state index is 0. The maximum absolute atomic E-state index is 9.45. The van der Waals surface area contributed by atoms with Crippen LogP contribution in [0.2, 0.25) is 0 Å². The van der Waals surface area contributed by atoms with E-state index < -0.39 is 38.6 Å². The van der Waals surface area contributed by atoms with Gasteiger partial charge < -0.3 is 30.6 Å². The molecular formula is C6H14CaO6. The third kappa shape index (κ3) is 19.4. The first kappa shape index (κ1) is 19.6. The Morgan fingerprint density at radius 2 is 1.08 bits per heavy atom. The Morgan fingerprint density at radius 3 is 1.08 bits per heavy atom. The van der Waals surface area contributed by atoms with E-state index in [1.807, 2.05) is 0 Å². The smallest absolute Gasteiger partial charge is 0.853 e. The van der Waals surface area contributed by atoms with Gasteiger partial charge in [0.2, 0.25) is 0 Å². The van der Waals surface area contributed by atoms with Gasteiger partial charge in [0, 0.05) is 0 Å². The Kier molecular flexibility index (Phi) is 23.3. The molecule has 13 heavy (non-hydrogen) atoms. The molecule has 2 atom stereocenters. The second kappa shape index (κ2) is 15.5. The van der Waals surface area contributed by atoms with Gasteiger partial charge in [-0.05, 0) is 0 Å². The van der Waals surface area contributed by atoms with Gasteiger partial charge in [-0.1, -0.05) is 0 Å². The summed E-state index contributed by atoms with van der Waals surface area (Å²) in [6.45, 7) is -2.08. The van der Waals surface area contributed by atoms with E-state index in [1.54, 1.807) is 0 Å². The van der Waals surface area contributed by atoms with E-state index in [4.69, 9.17) is 20.4 Å². The summed E-state index contributed by atoms with van der Waals surface area (Å²) in [7, 11) is 0. The van der Waals surface area contributed by atoms with E-state index in [2.05, 4.69) is 0 Å². The van der Waals surface area contributed by atoms with Crippen molar-refractivity contribution in [2.75, 3.05) is 26.4 Å². The van der Waals surface area contributed by atoms with E-state index in [0.29, 0.717) is 0 Å². The molecule has 0 amide bonds. The molecule has 0 aliphatic carbocycles. The van der Waals surface area contributed by atoms with Crippen LogP contribution in [0.25, 0.3) is 0 Å². The van der Waals surface area contributed by atoms with Gasteiger partial charge in [0.15, 0.2) is 0 Å². The molecule has 0 heterocycles. The van der Waals surface area contributed by atoms with Crippen LogP contribution >= 0.6 is 0 Å². The van der Waals surface area contributed by atoms with E-state index in [9.17, 15) is 10.2 Å². The van der Waals surface area contributed by atoms with Gasteiger partial charge in [0.05, 0.1) is 25.4 Å². The Labute approximate surface area is 106 Å². The molecule has 0 spiro atoms. The van der Waals surface area contributed by atoms with Crippen LogP contribution in [0.1, 0.15) is 0 Å². The van der Waals surface area contributed by atoms with Crippen molar-refractivity contribution in [3.05, 3.63) is 0 Å². The Bertz CT molecular complexity index is 65.5. The van der Waals surface area contributed by atoms with Gasteiger partial charge in [0.25, 0.3) is 0 Å². The molecule has 6 nitrogen and oxygen atoms in total. The molecule has 0 fully saturated rings. The van der Waals surface area contributed by atoms with Gasteiger partial charge in [-0.2, -0.15) is 0 Å². The standard InChI is InChI=1S/2C3H7O3.Ca/c2*4-1-3(6)2-5;/h2*3-4,6H,1-2H2;/q2*-1;+2. The third-order valence-corrected chi connectivity index (χ3v) is 0.806. The number of hydrogen-bond donors (Lipinski definition) is 4. The van der Waals surface area contributed by atoms with Gasteiger partial charge >= 0.3 is 37.7 Å². The monoisotopic (exact) mass is 222 g/mol. The van der Waals surface area contributed by atoms with Crippen molar-refractivity contribution in [2.24, 2.45) is 0 Å². The molecule has 76 valence electrons. The summed E-state index contributed by atoms with van der Waals surface area (Å²) < 4.78 is 0. The first-order chi connectivity index (χ1) is 5.62. The largest absolute Gasteiger partial charge is 2.00 e. The fraction of sp³-hybridized carbons (Fsp3) is 1.00. The molecule has 4 N–H and O–H groups in total. The van der Waals surface area contributed by atoms with Crippen LogP contribution in [0.4, 0.5) is 0 Å². The molecule has 0 aliphatic rings. The Balaban J connectivity index is -0.000000143. The first-order valence-electron chi connectivity index (χ1n) is 3.36. The first-order valence-corrected chi connectivity index (χ1v) is 3.36. The zero-order valence-electron chi connectivity index (χ0n) is 7.30. The van der Waals surface area contributed by atoms with Crippen LogP contribution in [0, 0.1) is 0 Å². The van der Waals surface area contributed by atoms with Crippen molar-refractivity contribution < 1.29 is 30.6 Å². The second-order valence-electron chi connectivity index (χ2n) is 2.01. The molecule has 7 heteroatoms. The fourth-order valence-corrected chi connectivity index (χ4v) is 0.105. The van der Waals surface area contributed by atoms with Crippen LogP contribution < -0.4 is 10.2 Å². The average molecular weight is 222 g/mol. The van der Waals surface area contributed by atoms with Crippen molar-refractivity contribution in [3.63, 3.8) is 0 Å². The predicted molar refractivity (Wildman–Crippen MR) is 41.7 cm³/mol. The van der Waals surface area contributed by atoms with Crippen LogP contribution in [0.3, 0.4) is 0 Å². The molecule has 0 aromatic rings. The summed E-state index contributed by atoms with van der Waals surface area (Å²) in [5.74, 6) is 0. The quantitative estimate of drug-likeness (QED) is 0.353. The van der Waals surface area contributed by atoms with Crippen LogP contribution in [0.5, 0.6) is 0 Å². The number of hydrogen-bond acceptors (Lipinski definition) is 6. The second-order valence-corrected chi connectivity index (χ2v) is 2.01. The topological polar surface area (TPSA) is 127 Å². The summed E-state index contributed by atoms with van der Waals surface area (Å²) in [6, 6.07) is 0. The van der Waals surface area contributed by atoms with Crippen LogP contribution in [-0.4, -0.2) is 96.8 Å². The van der Waals surface area contributed by atoms with E-state index in [0.717, 1.165) is 0 Å². The van der Waals surface area contributed by atoms with Crippen LogP contribution in [-0.2, 0) is 0 Å². The van der Waals surface area contributed by atoms with Crippen LogP contribution in [0.15, 0.2) is 0 Å². The molecule has 0 bridgehead atoms. The zero-order chi connectivity index (χ0) is 9.98. The molecule has 0 saturated heterocycles. The molecule has 0 radical (unpaired) electrons. The van der Waals surface area contributed by atoms with Gasteiger partial charge in [0.1, 0.15) is 0 Å². The van der Waals surface area contributed by atoms with Gasteiger partial charge in [-0.15, -0.1) is 13.2 Å². The van der Waals surface area contributed by atoms with Crippen molar-refractivity contribution in [3.8, 4) is 0 Å². The molecular weight excluding hydrogens is 208 g/mol. The Hall–Kier alpha value is 1.02. The summed E-state index contributed by atoms with van der Waals surface area (Å²) in [5, 5.41) is 50.9. The molecule has 0 aromatic carbocycles. The van der Waals surface area contributed by atoms with E-state index in [1.165, 1.54) is 0 Å². The summed E-state index contributed by atoms with van der Waals surface area (Å²) >= 11 is 0. The third-order valence-electron chi connectivity index (χ3n) is 0.806. The maximum atomic E-state index is 9.45. The SMILES string of the molecule is [Ca+2].[O-]CC(O)CO.[O-]CC(O)CO. The maximum Gasteiger partial charge on any atom is 2.00 e. The average Bonchev–Trinajstić information content (AvgIpc) is 2.16. The normalized spacial score (nSPS) is 13.4. The van der Waals surface area contributed by atoms with Gasteiger partial charge in [-0.25, -0.2) is 0 Å². The van der Waals surface area contributed by atoms with Gasteiger partial charge in [-0.3, -0.25) is 0 Å². The van der Waals surface area contributed by atoms with Crippen molar-refractivity contribution >= 4 is 37.7 Å². The van der Waals surface area contributed by atoms with Crippen molar-refractivity contribution in [1.82, 2.24) is 0 Å². The van der Waals surface area contributed by atoms with Crippen molar-refractivity contribution in [2.45, 2.75) is 12.2 Å². The number of aliphatic hydroxyl groups excluding tert-OH is 4. The predicted octanol–water partition coefficient (Wildman–Crippen LogP) is -4.98. The Morgan fingerprint density at radius 1 is 0.846 bits per heavy atom. The zero-order valence-corrected chi connectivity index (χ0v) is 9.50. The molecule has 0 aliphatic heterocycles. The van der Waals surface area contributed by atoms with Crippen molar-refractivity contribution in [1.29, 1.82) is 0 Å².